The summed E-state index contributed by atoms with van der Waals surface area (Å²) in [6.07, 6.45) is 4.80. The van der Waals surface area contributed by atoms with Crippen LogP contribution in [0.25, 0.3) is 10.2 Å². The minimum absolute atomic E-state index is 0.150. The number of thiazole rings is 1. The van der Waals surface area contributed by atoms with E-state index in [0.717, 1.165) is 28.2 Å². The molecule has 3 rings (SSSR count). The molecule has 112 valence electrons. The zero-order valence-corrected chi connectivity index (χ0v) is 13.1. The van der Waals surface area contributed by atoms with Crippen molar-refractivity contribution in [2.24, 2.45) is 5.41 Å². The number of hydrogen-bond donors (Lipinski definition) is 1. The van der Waals surface area contributed by atoms with Gasteiger partial charge in [-0.05, 0) is 37.7 Å². The average molecular weight is 305 g/mol. The Morgan fingerprint density at radius 2 is 2.24 bits per heavy atom. The number of fused-ring (bicyclic) bond motifs is 1. The van der Waals surface area contributed by atoms with Gasteiger partial charge in [-0.15, -0.1) is 11.3 Å². The molecule has 0 aliphatic heterocycles. The smallest absolute Gasteiger partial charge is 0.293 e. The van der Waals surface area contributed by atoms with Crippen LogP contribution in [-0.4, -0.2) is 16.5 Å². The summed E-state index contributed by atoms with van der Waals surface area (Å²) in [5.74, 6) is 0. The largest absolute Gasteiger partial charge is 0.379 e. The van der Waals surface area contributed by atoms with E-state index in [4.69, 9.17) is 0 Å². The van der Waals surface area contributed by atoms with Crippen molar-refractivity contribution in [1.82, 2.24) is 4.98 Å². The van der Waals surface area contributed by atoms with Gasteiger partial charge in [-0.1, -0.05) is 13.3 Å². The van der Waals surface area contributed by atoms with Gasteiger partial charge in [0.05, 0.1) is 20.1 Å². The maximum atomic E-state index is 11.3. The quantitative estimate of drug-likeness (QED) is 0.652. The summed E-state index contributed by atoms with van der Waals surface area (Å²) in [7, 11) is 0. The highest BCUT2D eigenvalue weighted by Crippen LogP contribution is 2.44. The maximum Gasteiger partial charge on any atom is 0.293 e. The molecule has 0 atom stereocenters. The number of nitro benzene ring substituents is 1. The molecule has 0 spiro atoms. The molecule has 1 N–H and O–H groups in total. The first-order valence-corrected chi connectivity index (χ1v) is 8.14. The van der Waals surface area contributed by atoms with Crippen LogP contribution in [0.15, 0.2) is 12.1 Å². The molecule has 21 heavy (non-hydrogen) atoms. The Morgan fingerprint density at radius 3 is 2.81 bits per heavy atom. The molecule has 1 fully saturated rings. The van der Waals surface area contributed by atoms with Gasteiger partial charge in [0.15, 0.2) is 0 Å². The van der Waals surface area contributed by atoms with Crippen molar-refractivity contribution in [2.45, 2.75) is 39.5 Å². The standard InChI is InChI=1S/C15H19N3O2S/c1-3-15(5-4-6-15)9-16-11-7-12-14(21-10(2)17-12)8-13(11)18(19)20/h7-8,16H,3-6,9H2,1-2H3. The van der Waals surface area contributed by atoms with Crippen LogP contribution in [0.2, 0.25) is 0 Å². The van der Waals surface area contributed by atoms with Gasteiger partial charge in [0.1, 0.15) is 5.69 Å². The molecule has 0 bridgehead atoms. The first kappa shape index (κ1) is 14.3. The molecular weight excluding hydrogens is 286 g/mol. The Balaban J connectivity index is 1.91. The Kier molecular flexibility index (Phi) is 3.57. The first-order valence-electron chi connectivity index (χ1n) is 7.32. The molecule has 5 nitrogen and oxygen atoms in total. The third-order valence-electron chi connectivity index (χ3n) is 4.63. The number of hydrogen-bond acceptors (Lipinski definition) is 5. The van der Waals surface area contributed by atoms with Crippen LogP contribution < -0.4 is 5.32 Å². The van der Waals surface area contributed by atoms with Crippen molar-refractivity contribution in [3.05, 3.63) is 27.3 Å². The molecule has 0 saturated heterocycles. The zero-order chi connectivity index (χ0) is 15.0. The van der Waals surface area contributed by atoms with E-state index in [1.54, 1.807) is 6.07 Å². The van der Waals surface area contributed by atoms with E-state index in [9.17, 15) is 10.1 Å². The molecule has 1 heterocycles. The van der Waals surface area contributed by atoms with E-state index in [0.29, 0.717) is 11.1 Å². The van der Waals surface area contributed by atoms with Crippen LogP contribution in [0.5, 0.6) is 0 Å². The van der Waals surface area contributed by atoms with Crippen molar-refractivity contribution < 1.29 is 4.92 Å². The van der Waals surface area contributed by atoms with Crippen LogP contribution in [0.3, 0.4) is 0 Å². The summed E-state index contributed by atoms with van der Waals surface area (Å²) >= 11 is 1.49. The van der Waals surface area contributed by atoms with Gasteiger partial charge in [-0.3, -0.25) is 10.1 Å². The highest BCUT2D eigenvalue weighted by molar-refractivity contribution is 7.18. The van der Waals surface area contributed by atoms with Gasteiger partial charge >= 0.3 is 0 Å². The van der Waals surface area contributed by atoms with Gasteiger partial charge in [-0.2, -0.15) is 0 Å². The lowest BCUT2D eigenvalue weighted by molar-refractivity contribution is -0.383. The normalized spacial score (nSPS) is 16.7. The minimum atomic E-state index is -0.309. The molecule has 1 saturated carbocycles. The van der Waals surface area contributed by atoms with Gasteiger partial charge in [0.25, 0.3) is 5.69 Å². The second-order valence-corrected chi connectivity index (χ2v) is 7.12. The van der Waals surface area contributed by atoms with Crippen molar-refractivity contribution in [1.29, 1.82) is 0 Å². The number of rotatable bonds is 5. The fourth-order valence-corrected chi connectivity index (χ4v) is 3.83. The van der Waals surface area contributed by atoms with Crippen molar-refractivity contribution >= 4 is 32.9 Å². The summed E-state index contributed by atoms with van der Waals surface area (Å²) in [5, 5.41) is 15.5. The van der Waals surface area contributed by atoms with Crippen molar-refractivity contribution in [3.63, 3.8) is 0 Å². The third kappa shape index (κ3) is 2.60. The summed E-state index contributed by atoms with van der Waals surface area (Å²) < 4.78 is 0.874. The fraction of sp³-hybridized carbons (Fsp3) is 0.533. The average Bonchev–Trinajstić information content (AvgIpc) is 2.76. The van der Waals surface area contributed by atoms with E-state index in [1.807, 2.05) is 13.0 Å². The Morgan fingerprint density at radius 1 is 1.48 bits per heavy atom. The molecule has 0 unspecified atom stereocenters. The highest BCUT2D eigenvalue weighted by Gasteiger charge is 2.35. The van der Waals surface area contributed by atoms with Crippen LogP contribution in [-0.2, 0) is 0 Å². The van der Waals surface area contributed by atoms with Crippen LogP contribution >= 0.6 is 11.3 Å². The maximum absolute atomic E-state index is 11.3. The molecule has 6 heteroatoms. The first-order chi connectivity index (χ1) is 10.0. The second kappa shape index (κ2) is 5.26. The van der Waals surface area contributed by atoms with Crippen molar-refractivity contribution in [2.75, 3.05) is 11.9 Å². The topological polar surface area (TPSA) is 68.1 Å². The molecule has 1 aromatic carbocycles. The number of aryl methyl sites for hydroxylation is 1. The Hall–Kier alpha value is -1.69. The number of nitro groups is 1. The number of aromatic nitrogens is 1. The zero-order valence-electron chi connectivity index (χ0n) is 12.3. The van der Waals surface area contributed by atoms with Gasteiger partial charge in [0.2, 0.25) is 0 Å². The second-order valence-electron chi connectivity index (χ2n) is 5.89. The van der Waals surface area contributed by atoms with Crippen LogP contribution in [0.1, 0.15) is 37.6 Å². The monoisotopic (exact) mass is 305 g/mol. The predicted octanol–water partition coefficient (Wildman–Crippen LogP) is 4.51. The van der Waals surface area contributed by atoms with E-state index in [-0.39, 0.29) is 10.6 Å². The fourth-order valence-electron chi connectivity index (χ4n) is 2.99. The molecular formula is C15H19N3O2S. The molecule has 1 aliphatic carbocycles. The van der Waals surface area contributed by atoms with Gasteiger partial charge in [-0.25, -0.2) is 4.98 Å². The summed E-state index contributed by atoms with van der Waals surface area (Å²) in [6.45, 7) is 4.92. The van der Waals surface area contributed by atoms with Crippen LogP contribution in [0, 0.1) is 22.5 Å². The molecule has 0 amide bonds. The molecule has 1 aliphatic rings. The van der Waals surface area contributed by atoms with E-state index < -0.39 is 0 Å². The number of nitrogens with one attached hydrogen (secondary N) is 1. The lowest BCUT2D eigenvalue weighted by Gasteiger charge is -2.41. The van der Waals surface area contributed by atoms with Crippen LogP contribution in [0.4, 0.5) is 11.4 Å². The van der Waals surface area contributed by atoms with E-state index in [1.165, 1.54) is 30.6 Å². The number of nitrogens with zero attached hydrogens (tertiary/aromatic N) is 2. The SMILES string of the molecule is CCC1(CNc2cc3nc(C)sc3cc2[N+](=O)[O-])CCC1. The van der Waals surface area contributed by atoms with Crippen molar-refractivity contribution in [3.8, 4) is 0 Å². The Bertz CT molecular complexity index is 686. The Labute approximate surface area is 127 Å². The highest BCUT2D eigenvalue weighted by atomic mass is 32.1. The number of benzene rings is 1. The summed E-state index contributed by atoms with van der Waals surface area (Å²) in [4.78, 5) is 15.4. The predicted molar refractivity (Wildman–Crippen MR) is 86.1 cm³/mol. The molecule has 0 radical (unpaired) electrons. The summed E-state index contributed by atoms with van der Waals surface area (Å²) in [6, 6.07) is 3.46. The minimum Gasteiger partial charge on any atom is -0.379 e. The van der Waals surface area contributed by atoms with E-state index >= 15 is 0 Å². The molecule has 2 aromatic rings. The lowest BCUT2D eigenvalue weighted by Crippen LogP contribution is -2.35. The van der Waals surface area contributed by atoms with E-state index in [2.05, 4.69) is 17.2 Å². The van der Waals surface area contributed by atoms with Gasteiger partial charge < -0.3 is 5.32 Å². The summed E-state index contributed by atoms with van der Waals surface area (Å²) in [5.41, 5.74) is 1.90. The lowest BCUT2D eigenvalue weighted by atomic mass is 9.67. The third-order valence-corrected chi connectivity index (χ3v) is 5.56. The van der Waals surface area contributed by atoms with Gasteiger partial charge in [0, 0.05) is 12.6 Å². The molecule has 1 aromatic heterocycles. The number of anilines is 1.